The first kappa shape index (κ1) is 61.7. The number of nitrogens with one attached hydrogen (secondary N) is 6. The maximum absolute atomic E-state index is 11.6. The number of amides is 6. The van der Waals surface area contributed by atoms with Crippen LogP contribution in [-0.4, -0.2) is 171 Å². The Morgan fingerprint density at radius 3 is 1.10 bits per heavy atom. The lowest BCUT2D eigenvalue weighted by Crippen LogP contribution is -2.59. The number of rotatable bonds is 21. The third kappa shape index (κ3) is 23.3. The van der Waals surface area contributed by atoms with Crippen molar-refractivity contribution in [1.82, 2.24) is 31.9 Å². The molecule has 70 heavy (non-hydrogen) atoms. The summed E-state index contributed by atoms with van der Waals surface area (Å²) in [5.74, 6) is 0. The molecule has 6 amide bonds. The standard InChI is InChI=1S/C15H23N3O6.C10H14N2O2.C10H8O6S2.C7H17N3O4/c19-9-15(10-20,11-21)18-13(22)16-6-7-17-14(23)24-8-12-4-2-1-3-5-12;11-6-7-12-10(13)14-8-9-4-2-1-3-5-9;11-17(12,13)9-5-1-3-7-8(9)4-2-6-10(7)18(14,15)16;8-1-2-9-6(14)10-7(3-11,4-12)5-13/h1-5,19-21H,6-11H2,(H,17,23)(H2,16,18,22);1-5H,6-8,11H2,(H,12,13);1-6H,(H,11,12,13)(H,14,15,16);11-13H,1-5,8H2,(H2,9,10,14). The largest absolute Gasteiger partial charge is 0.445 e. The molecule has 0 fully saturated rings. The molecule has 0 unspecified atom stereocenters. The minimum Gasteiger partial charge on any atom is -0.445 e. The first-order valence-electron chi connectivity index (χ1n) is 20.8. The number of aliphatic hydroxyl groups is 6. The lowest BCUT2D eigenvalue weighted by atomic mass is 10.0. The van der Waals surface area contributed by atoms with Gasteiger partial charge in [-0.05, 0) is 23.3 Å². The molecule has 0 aromatic heterocycles. The van der Waals surface area contributed by atoms with Gasteiger partial charge in [0.2, 0.25) is 0 Å². The van der Waals surface area contributed by atoms with Crippen molar-refractivity contribution in [3.05, 3.63) is 108 Å². The average molecular weight is 1030 g/mol. The van der Waals surface area contributed by atoms with Crippen LogP contribution in [0.1, 0.15) is 11.1 Å². The minimum absolute atomic E-state index is 0.0233. The van der Waals surface area contributed by atoms with Crippen molar-refractivity contribution in [3.8, 4) is 0 Å². The molecular formula is C42H62N8O18S2. The van der Waals surface area contributed by atoms with Gasteiger partial charge in [0.25, 0.3) is 20.2 Å². The SMILES string of the molecule is NCCNC(=O)NC(CO)(CO)CO.NCCNC(=O)OCc1ccccc1.O=C(NCCNC(=O)OCc1ccccc1)NC(CO)(CO)CO.O=S(=O)(O)c1cccc2c(S(=O)(=O)O)cccc12. The van der Waals surface area contributed by atoms with Crippen molar-refractivity contribution < 1.29 is 85.2 Å². The third-order valence-electron chi connectivity index (χ3n) is 8.92. The second-order valence-corrected chi connectivity index (χ2v) is 17.2. The number of hydrogen-bond donors (Lipinski definition) is 16. The lowest BCUT2D eigenvalue weighted by Gasteiger charge is -2.28. The number of urea groups is 2. The van der Waals surface area contributed by atoms with Crippen LogP contribution in [0.25, 0.3) is 10.8 Å². The molecule has 0 spiro atoms. The lowest BCUT2D eigenvalue weighted by molar-refractivity contribution is 0.0492. The number of alkyl carbamates (subject to hydrolysis) is 2. The second kappa shape index (κ2) is 32.5. The highest BCUT2D eigenvalue weighted by molar-refractivity contribution is 7.86. The van der Waals surface area contributed by atoms with Gasteiger partial charge in [0.15, 0.2) is 0 Å². The van der Waals surface area contributed by atoms with E-state index < -0.39 is 105 Å². The number of benzene rings is 4. The van der Waals surface area contributed by atoms with Gasteiger partial charge in [0.1, 0.15) is 34.1 Å². The highest BCUT2D eigenvalue weighted by Gasteiger charge is 2.30. The molecule has 26 nitrogen and oxygen atoms in total. The van der Waals surface area contributed by atoms with Crippen molar-refractivity contribution in [1.29, 1.82) is 0 Å². The molecule has 4 aromatic rings. The fourth-order valence-corrected chi connectivity index (χ4v) is 6.47. The summed E-state index contributed by atoms with van der Waals surface area (Å²) in [6, 6.07) is 25.0. The number of fused-ring (bicyclic) bond motifs is 1. The Kier molecular flexibility index (Phi) is 28.7. The van der Waals surface area contributed by atoms with Crippen LogP contribution < -0.4 is 43.4 Å². The Labute approximate surface area is 403 Å². The normalized spacial score (nSPS) is 11.1. The van der Waals surface area contributed by atoms with Crippen molar-refractivity contribution in [3.63, 3.8) is 0 Å². The summed E-state index contributed by atoms with van der Waals surface area (Å²) in [6.45, 7) is -1.38. The van der Waals surface area contributed by atoms with E-state index >= 15 is 0 Å². The number of hydrogen-bond acceptors (Lipinski definition) is 18. The number of aliphatic hydroxyl groups excluding tert-OH is 6. The van der Waals surface area contributed by atoms with E-state index in [2.05, 4.69) is 31.9 Å². The first-order chi connectivity index (χ1) is 33.2. The molecule has 0 bridgehead atoms. The van der Waals surface area contributed by atoms with Crippen LogP contribution in [-0.2, 0) is 42.9 Å². The Balaban J connectivity index is 0.000000479. The fraction of sp³-hybridized carbons (Fsp3) is 0.381. The van der Waals surface area contributed by atoms with E-state index in [-0.39, 0.29) is 50.2 Å². The van der Waals surface area contributed by atoms with Crippen LogP contribution in [0.5, 0.6) is 0 Å². The van der Waals surface area contributed by atoms with Crippen molar-refractivity contribution >= 4 is 55.3 Å². The molecule has 0 aliphatic heterocycles. The fourth-order valence-electron chi connectivity index (χ4n) is 5.06. The van der Waals surface area contributed by atoms with Crippen molar-refractivity contribution in [2.24, 2.45) is 11.5 Å². The van der Waals surface area contributed by atoms with Crippen LogP contribution in [0.4, 0.5) is 19.2 Å². The summed E-state index contributed by atoms with van der Waals surface area (Å²) in [7, 11) is -8.94. The van der Waals surface area contributed by atoms with Crippen LogP contribution in [0.15, 0.2) is 107 Å². The van der Waals surface area contributed by atoms with E-state index in [0.717, 1.165) is 23.3 Å². The van der Waals surface area contributed by atoms with Gasteiger partial charge in [-0.25, -0.2) is 19.2 Å². The number of carbonyl (C=O) groups excluding carboxylic acids is 4. The molecule has 4 rings (SSSR count). The smallest absolute Gasteiger partial charge is 0.407 e. The molecule has 0 saturated carbocycles. The Morgan fingerprint density at radius 2 is 0.771 bits per heavy atom. The molecular weight excluding hydrogens is 969 g/mol. The van der Waals surface area contributed by atoms with Crippen LogP contribution in [0.2, 0.25) is 0 Å². The average Bonchev–Trinajstić information content (AvgIpc) is 3.36. The van der Waals surface area contributed by atoms with E-state index in [9.17, 15) is 36.0 Å². The molecule has 0 saturated heterocycles. The van der Waals surface area contributed by atoms with Gasteiger partial charge in [-0.15, -0.1) is 0 Å². The second-order valence-electron chi connectivity index (χ2n) is 14.4. The predicted octanol–water partition coefficient (Wildman–Crippen LogP) is -1.91. The molecule has 0 heterocycles. The molecule has 28 heteroatoms. The molecule has 0 aliphatic rings. The van der Waals surface area contributed by atoms with Gasteiger partial charge in [-0.2, -0.15) is 16.8 Å². The summed E-state index contributed by atoms with van der Waals surface area (Å²) in [5, 5.41) is 68.2. The van der Waals surface area contributed by atoms with Gasteiger partial charge >= 0.3 is 24.2 Å². The molecule has 0 aliphatic carbocycles. The van der Waals surface area contributed by atoms with E-state index in [1.807, 2.05) is 60.7 Å². The van der Waals surface area contributed by atoms with E-state index in [1.54, 1.807) is 0 Å². The van der Waals surface area contributed by atoms with Gasteiger partial charge in [0, 0.05) is 50.0 Å². The van der Waals surface area contributed by atoms with Crippen LogP contribution in [0.3, 0.4) is 0 Å². The number of ether oxygens (including phenoxy) is 2. The van der Waals surface area contributed by atoms with Gasteiger partial charge < -0.3 is 83.5 Å². The Hall–Kier alpha value is -6.28. The van der Waals surface area contributed by atoms with Gasteiger partial charge in [0.05, 0.1) is 39.6 Å². The molecule has 18 N–H and O–H groups in total. The molecule has 390 valence electrons. The maximum atomic E-state index is 11.6. The predicted molar refractivity (Wildman–Crippen MR) is 252 cm³/mol. The Bertz CT molecular complexity index is 2310. The van der Waals surface area contributed by atoms with Crippen LogP contribution in [0, 0.1) is 0 Å². The summed E-state index contributed by atoms with van der Waals surface area (Å²) in [6.07, 6.45) is -1.05. The van der Waals surface area contributed by atoms with Crippen molar-refractivity contribution in [2.75, 3.05) is 78.9 Å². The highest BCUT2D eigenvalue weighted by Crippen LogP contribution is 2.28. The van der Waals surface area contributed by atoms with Gasteiger partial charge in [-0.1, -0.05) is 84.9 Å². The van der Waals surface area contributed by atoms with E-state index in [1.165, 1.54) is 24.3 Å². The number of nitrogens with two attached hydrogens (primary N) is 2. The Morgan fingerprint density at radius 1 is 0.457 bits per heavy atom. The monoisotopic (exact) mass is 1030 g/mol. The quantitative estimate of drug-likeness (QED) is 0.0320. The summed E-state index contributed by atoms with van der Waals surface area (Å²) in [5.41, 5.74) is 9.30. The van der Waals surface area contributed by atoms with Crippen molar-refractivity contribution in [2.45, 2.75) is 34.1 Å². The minimum atomic E-state index is -4.47. The molecule has 0 atom stereocenters. The van der Waals surface area contributed by atoms with E-state index in [0.29, 0.717) is 13.1 Å². The first-order valence-corrected chi connectivity index (χ1v) is 23.6. The zero-order valence-corrected chi connectivity index (χ0v) is 39.4. The van der Waals surface area contributed by atoms with Gasteiger partial charge in [-0.3, -0.25) is 9.11 Å². The number of carbonyl (C=O) groups is 4. The van der Waals surface area contributed by atoms with Crippen LogP contribution >= 0.6 is 0 Å². The third-order valence-corrected chi connectivity index (χ3v) is 10.7. The topological polar surface area (TPSA) is 441 Å². The zero-order valence-electron chi connectivity index (χ0n) is 37.8. The summed E-state index contributed by atoms with van der Waals surface area (Å²) < 4.78 is 72.6. The summed E-state index contributed by atoms with van der Waals surface area (Å²) >= 11 is 0. The highest BCUT2D eigenvalue weighted by atomic mass is 32.2. The molecule has 4 aromatic carbocycles. The maximum Gasteiger partial charge on any atom is 0.407 e. The zero-order chi connectivity index (χ0) is 52.6. The molecule has 0 radical (unpaired) electrons. The summed E-state index contributed by atoms with van der Waals surface area (Å²) in [4.78, 5) is 44.3. The van der Waals surface area contributed by atoms with E-state index in [4.69, 9.17) is 60.7 Å².